The lowest BCUT2D eigenvalue weighted by Gasteiger charge is -2.37. The first-order chi connectivity index (χ1) is 8.19. The Morgan fingerprint density at radius 3 is 3.06 bits per heavy atom. The number of hydrogen-bond acceptors (Lipinski definition) is 4. The number of rotatable bonds is 3. The number of halogens is 1. The molecular weight excluding hydrogens is 223 g/mol. The first kappa shape index (κ1) is 11.8. The molecule has 0 aromatic rings. The second-order valence-electron chi connectivity index (χ2n) is 4.09. The number of aliphatic imine (C=N–C) groups is 1. The average Bonchev–Trinajstić information content (AvgIpc) is 2.50. The average molecular weight is 238 g/mol. The van der Waals surface area contributed by atoms with Crippen molar-refractivity contribution in [2.45, 2.75) is 19.0 Å². The van der Waals surface area contributed by atoms with E-state index in [2.05, 4.69) is 9.73 Å². The Morgan fingerprint density at radius 1 is 1.65 bits per heavy atom. The zero-order valence-electron chi connectivity index (χ0n) is 9.73. The van der Waals surface area contributed by atoms with E-state index >= 15 is 0 Å². The van der Waals surface area contributed by atoms with Crippen molar-refractivity contribution in [3.05, 3.63) is 23.5 Å². The summed E-state index contributed by atoms with van der Waals surface area (Å²) in [5, 5.41) is 0. The summed E-state index contributed by atoms with van der Waals surface area (Å²) < 4.78 is 17.3. The Balaban J connectivity index is 1.93. The van der Waals surface area contributed by atoms with Gasteiger partial charge < -0.3 is 9.64 Å². The van der Waals surface area contributed by atoms with Gasteiger partial charge in [-0.25, -0.2) is 4.39 Å². The van der Waals surface area contributed by atoms with Crippen LogP contribution in [0.1, 0.15) is 12.8 Å². The van der Waals surface area contributed by atoms with E-state index < -0.39 is 6.17 Å². The van der Waals surface area contributed by atoms with Crippen LogP contribution in [0.25, 0.3) is 0 Å². The van der Waals surface area contributed by atoms with Gasteiger partial charge in [-0.3, -0.25) is 9.79 Å². The highest BCUT2D eigenvalue weighted by Gasteiger charge is 2.27. The molecule has 2 aliphatic heterocycles. The van der Waals surface area contributed by atoms with Gasteiger partial charge in [-0.15, -0.1) is 0 Å². The summed E-state index contributed by atoms with van der Waals surface area (Å²) >= 11 is 0. The third-order valence-corrected chi connectivity index (χ3v) is 2.85. The molecule has 2 aliphatic rings. The normalized spacial score (nSPS) is 20.2. The topological polar surface area (TPSA) is 41.9 Å². The summed E-state index contributed by atoms with van der Waals surface area (Å²) in [6.07, 6.45) is 5.56. The summed E-state index contributed by atoms with van der Waals surface area (Å²) in [7, 11) is 1.36. The number of ether oxygens (including phenoxy) is 1. The van der Waals surface area contributed by atoms with E-state index in [9.17, 15) is 9.18 Å². The Hall–Kier alpha value is -1.65. The van der Waals surface area contributed by atoms with E-state index in [4.69, 9.17) is 0 Å². The maximum atomic E-state index is 12.7. The second kappa shape index (κ2) is 5.12. The summed E-state index contributed by atoms with van der Waals surface area (Å²) in [6.45, 7) is 0.916. The highest BCUT2D eigenvalue weighted by molar-refractivity contribution is 5.77. The van der Waals surface area contributed by atoms with Crippen molar-refractivity contribution in [3.8, 4) is 0 Å². The molecule has 2 heterocycles. The molecule has 0 aliphatic carbocycles. The molecule has 0 saturated carbocycles. The van der Waals surface area contributed by atoms with Gasteiger partial charge in [0.25, 0.3) is 0 Å². The fourth-order valence-corrected chi connectivity index (χ4v) is 1.79. The smallest absolute Gasteiger partial charge is 0.311 e. The van der Waals surface area contributed by atoms with Crippen molar-refractivity contribution in [1.29, 1.82) is 0 Å². The van der Waals surface area contributed by atoms with Crippen molar-refractivity contribution in [2.75, 3.05) is 20.2 Å². The van der Waals surface area contributed by atoms with E-state index in [1.54, 1.807) is 6.21 Å². The number of likely N-dealkylation sites (tertiary alicyclic amines) is 1. The lowest BCUT2D eigenvalue weighted by atomic mass is 10.1. The molecule has 0 N–H and O–H groups in total. The Labute approximate surface area is 99.5 Å². The van der Waals surface area contributed by atoms with Crippen LogP contribution in [0.2, 0.25) is 0 Å². The third kappa shape index (κ3) is 2.93. The van der Waals surface area contributed by atoms with Gasteiger partial charge in [-0.2, -0.15) is 0 Å². The molecule has 92 valence electrons. The SMILES string of the molecule is COC(=O)CC1=CCC(N2CC(F)C2)=CC=N1. The first-order valence-corrected chi connectivity index (χ1v) is 5.57. The number of carbonyl (C=O) groups excluding carboxylic acids is 1. The van der Waals surface area contributed by atoms with E-state index in [0.717, 1.165) is 5.70 Å². The Kier molecular flexibility index (Phi) is 3.56. The van der Waals surface area contributed by atoms with Gasteiger partial charge >= 0.3 is 5.97 Å². The van der Waals surface area contributed by atoms with Crippen LogP contribution in [-0.2, 0) is 9.53 Å². The van der Waals surface area contributed by atoms with Gasteiger partial charge in [0, 0.05) is 24.0 Å². The van der Waals surface area contributed by atoms with E-state index in [0.29, 0.717) is 25.2 Å². The first-order valence-electron chi connectivity index (χ1n) is 5.57. The summed E-state index contributed by atoms with van der Waals surface area (Å²) in [5.41, 5.74) is 1.74. The van der Waals surface area contributed by atoms with Crippen molar-refractivity contribution < 1.29 is 13.9 Å². The lowest BCUT2D eigenvalue weighted by Crippen LogP contribution is -2.47. The molecule has 0 atom stereocenters. The van der Waals surface area contributed by atoms with Crippen LogP contribution in [-0.4, -0.2) is 43.5 Å². The van der Waals surface area contributed by atoms with Crippen LogP contribution >= 0.6 is 0 Å². The maximum Gasteiger partial charge on any atom is 0.311 e. The van der Waals surface area contributed by atoms with Crippen LogP contribution in [0.15, 0.2) is 28.5 Å². The van der Waals surface area contributed by atoms with Gasteiger partial charge in [0.05, 0.1) is 26.6 Å². The van der Waals surface area contributed by atoms with Gasteiger partial charge in [0.15, 0.2) is 0 Å². The van der Waals surface area contributed by atoms with Gasteiger partial charge in [0.1, 0.15) is 6.17 Å². The minimum Gasteiger partial charge on any atom is -0.469 e. The predicted octanol–water partition coefficient (Wildman–Crippen LogP) is 1.45. The lowest BCUT2D eigenvalue weighted by molar-refractivity contribution is -0.139. The predicted molar refractivity (Wildman–Crippen MR) is 62.4 cm³/mol. The fourth-order valence-electron chi connectivity index (χ4n) is 1.79. The summed E-state index contributed by atoms with van der Waals surface area (Å²) in [6, 6.07) is 0. The molecule has 0 bridgehead atoms. The molecule has 1 saturated heterocycles. The zero-order chi connectivity index (χ0) is 12.3. The minimum atomic E-state index is -0.713. The molecule has 0 unspecified atom stereocenters. The molecule has 17 heavy (non-hydrogen) atoms. The Morgan fingerprint density at radius 2 is 2.41 bits per heavy atom. The van der Waals surface area contributed by atoms with E-state index in [1.807, 2.05) is 17.1 Å². The molecule has 0 aromatic carbocycles. The van der Waals surface area contributed by atoms with E-state index in [-0.39, 0.29) is 12.4 Å². The van der Waals surface area contributed by atoms with Crippen LogP contribution in [0.5, 0.6) is 0 Å². The highest BCUT2D eigenvalue weighted by Crippen LogP contribution is 2.22. The fraction of sp³-hybridized carbons (Fsp3) is 0.500. The molecular formula is C12H15FN2O2. The molecule has 0 spiro atoms. The number of allylic oxidation sites excluding steroid dienone is 2. The van der Waals surface area contributed by atoms with Crippen molar-refractivity contribution in [2.24, 2.45) is 4.99 Å². The molecule has 0 amide bonds. The molecule has 0 radical (unpaired) electrons. The third-order valence-electron chi connectivity index (χ3n) is 2.85. The minimum absolute atomic E-state index is 0.180. The van der Waals surface area contributed by atoms with Crippen molar-refractivity contribution in [3.63, 3.8) is 0 Å². The number of methoxy groups -OCH3 is 1. The molecule has 0 aromatic heterocycles. The quantitative estimate of drug-likeness (QED) is 0.699. The number of alkyl halides is 1. The summed E-state index contributed by atoms with van der Waals surface area (Å²) in [4.78, 5) is 17.2. The highest BCUT2D eigenvalue weighted by atomic mass is 19.1. The van der Waals surface area contributed by atoms with Crippen molar-refractivity contribution >= 4 is 12.2 Å². The standard InChI is InChI=1S/C12H15FN2O2/c1-17-12(16)6-10-2-3-11(4-5-14-10)15-7-9(13)8-15/h2,4-5,9H,3,6-8H2,1H3. The molecule has 4 nitrogen and oxygen atoms in total. The summed E-state index contributed by atoms with van der Waals surface area (Å²) in [5.74, 6) is -0.301. The van der Waals surface area contributed by atoms with E-state index in [1.165, 1.54) is 7.11 Å². The molecule has 5 heteroatoms. The van der Waals surface area contributed by atoms with Gasteiger partial charge in [-0.05, 0) is 6.08 Å². The molecule has 1 fully saturated rings. The number of esters is 1. The zero-order valence-corrected chi connectivity index (χ0v) is 9.73. The largest absolute Gasteiger partial charge is 0.469 e. The Bertz CT molecular complexity index is 395. The maximum absolute atomic E-state index is 12.7. The number of nitrogens with zero attached hydrogens (tertiary/aromatic N) is 2. The van der Waals surface area contributed by atoms with Gasteiger partial charge in [0.2, 0.25) is 0 Å². The van der Waals surface area contributed by atoms with Crippen LogP contribution in [0.3, 0.4) is 0 Å². The number of hydrogen-bond donors (Lipinski definition) is 0. The van der Waals surface area contributed by atoms with Crippen LogP contribution in [0, 0.1) is 0 Å². The second-order valence-corrected chi connectivity index (χ2v) is 4.09. The number of carbonyl (C=O) groups is 1. The molecule has 2 rings (SSSR count). The van der Waals surface area contributed by atoms with Crippen LogP contribution in [0.4, 0.5) is 4.39 Å². The van der Waals surface area contributed by atoms with Crippen molar-refractivity contribution in [1.82, 2.24) is 4.90 Å². The van der Waals surface area contributed by atoms with Crippen LogP contribution < -0.4 is 0 Å². The monoisotopic (exact) mass is 238 g/mol. The van der Waals surface area contributed by atoms with Gasteiger partial charge in [-0.1, -0.05) is 6.08 Å².